The first-order valence-electron chi connectivity index (χ1n) is 4.40. The second-order valence-corrected chi connectivity index (χ2v) is 5.30. The summed E-state index contributed by atoms with van der Waals surface area (Å²) in [4.78, 5) is 10.4. The first kappa shape index (κ1) is 11.7. The first-order valence-corrected chi connectivity index (χ1v) is 6.07. The van der Waals surface area contributed by atoms with Gasteiger partial charge in [0.25, 0.3) is 0 Å². The minimum atomic E-state index is -0.231. The quantitative estimate of drug-likeness (QED) is 0.780. The number of carbonyl (C=O) groups excluding carboxylic acids is 1. The van der Waals surface area contributed by atoms with E-state index in [2.05, 4.69) is 32.7 Å². The van der Waals surface area contributed by atoms with Crippen molar-refractivity contribution in [1.29, 1.82) is 0 Å². The van der Waals surface area contributed by atoms with Crippen molar-refractivity contribution in [2.24, 2.45) is 5.73 Å². The fourth-order valence-corrected chi connectivity index (χ4v) is 2.27. The van der Waals surface area contributed by atoms with Gasteiger partial charge in [-0.25, -0.2) is 0 Å². The topological polar surface area (TPSA) is 55.1 Å². The second-order valence-electron chi connectivity index (χ2n) is 3.01. The summed E-state index contributed by atoms with van der Waals surface area (Å²) in [5, 5.41) is 5.35. The van der Waals surface area contributed by atoms with Crippen LogP contribution in [-0.2, 0) is 11.3 Å². The average Bonchev–Trinajstić information content (AvgIpc) is 2.50. The highest BCUT2D eigenvalue weighted by molar-refractivity contribution is 9.11. The highest BCUT2D eigenvalue weighted by atomic mass is 79.9. The predicted molar refractivity (Wildman–Crippen MR) is 62.2 cm³/mol. The summed E-state index contributed by atoms with van der Waals surface area (Å²) >= 11 is 5.08. The largest absolute Gasteiger partial charge is 0.370 e. The Morgan fingerprint density at radius 3 is 3.00 bits per heavy atom. The number of hydrogen-bond donors (Lipinski definition) is 2. The SMILES string of the molecule is NC(=O)CCCNCc1csc(Br)c1. The maximum Gasteiger partial charge on any atom is 0.217 e. The van der Waals surface area contributed by atoms with Crippen molar-refractivity contribution in [1.82, 2.24) is 5.32 Å². The summed E-state index contributed by atoms with van der Waals surface area (Å²) in [7, 11) is 0. The van der Waals surface area contributed by atoms with E-state index in [1.165, 1.54) is 5.56 Å². The number of thiophene rings is 1. The summed E-state index contributed by atoms with van der Waals surface area (Å²) in [5.74, 6) is -0.231. The fourth-order valence-electron chi connectivity index (χ4n) is 1.06. The number of primary amides is 1. The highest BCUT2D eigenvalue weighted by Gasteiger charge is 1.97. The van der Waals surface area contributed by atoms with Crippen LogP contribution in [0.1, 0.15) is 18.4 Å². The maximum atomic E-state index is 10.4. The van der Waals surface area contributed by atoms with E-state index in [9.17, 15) is 4.79 Å². The van der Waals surface area contributed by atoms with Crippen molar-refractivity contribution in [2.75, 3.05) is 6.54 Å². The van der Waals surface area contributed by atoms with Gasteiger partial charge < -0.3 is 11.1 Å². The predicted octanol–water partition coefficient (Wildman–Crippen LogP) is 1.87. The van der Waals surface area contributed by atoms with Gasteiger partial charge in [0.2, 0.25) is 5.91 Å². The summed E-state index contributed by atoms with van der Waals surface area (Å²) in [6.07, 6.45) is 1.26. The third-order valence-electron chi connectivity index (χ3n) is 1.73. The molecule has 0 unspecified atom stereocenters. The highest BCUT2D eigenvalue weighted by Crippen LogP contribution is 2.20. The number of halogens is 1. The van der Waals surface area contributed by atoms with Crippen LogP contribution in [0.4, 0.5) is 0 Å². The number of hydrogen-bond acceptors (Lipinski definition) is 3. The lowest BCUT2D eigenvalue weighted by atomic mass is 10.3. The van der Waals surface area contributed by atoms with E-state index in [-0.39, 0.29) is 5.91 Å². The van der Waals surface area contributed by atoms with Crippen molar-refractivity contribution in [3.05, 3.63) is 20.8 Å². The van der Waals surface area contributed by atoms with E-state index in [0.717, 1.165) is 23.3 Å². The van der Waals surface area contributed by atoms with Crippen LogP contribution < -0.4 is 11.1 Å². The molecule has 0 aliphatic heterocycles. The zero-order valence-electron chi connectivity index (χ0n) is 7.75. The molecule has 0 aromatic carbocycles. The lowest BCUT2D eigenvalue weighted by Gasteiger charge is -2.01. The number of nitrogens with two attached hydrogens (primary N) is 1. The molecule has 1 amide bonds. The molecular weight excluding hydrogens is 264 g/mol. The first-order chi connectivity index (χ1) is 6.68. The maximum absolute atomic E-state index is 10.4. The molecule has 0 saturated carbocycles. The Balaban J connectivity index is 2.07. The molecule has 78 valence electrons. The Morgan fingerprint density at radius 2 is 2.43 bits per heavy atom. The van der Waals surface area contributed by atoms with Crippen LogP contribution in [0.2, 0.25) is 0 Å². The fraction of sp³-hybridized carbons (Fsp3) is 0.444. The third-order valence-corrected chi connectivity index (χ3v) is 3.28. The smallest absolute Gasteiger partial charge is 0.217 e. The van der Waals surface area contributed by atoms with Gasteiger partial charge >= 0.3 is 0 Å². The zero-order chi connectivity index (χ0) is 10.4. The molecule has 0 bridgehead atoms. The molecule has 1 heterocycles. The molecule has 3 N–H and O–H groups in total. The van der Waals surface area contributed by atoms with Crippen molar-refractivity contribution >= 4 is 33.2 Å². The molecule has 1 aromatic rings. The normalized spacial score (nSPS) is 10.4. The number of rotatable bonds is 6. The molecule has 0 atom stereocenters. The van der Waals surface area contributed by atoms with E-state index in [4.69, 9.17) is 5.73 Å². The standard InChI is InChI=1S/C9H13BrN2OS/c10-8-4-7(6-14-8)5-12-3-1-2-9(11)13/h4,6,12H,1-3,5H2,(H2,11,13). The van der Waals surface area contributed by atoms with Crippen LogP contribution >= 0.6 is 27.3 Å². The van der Waals surface area contributed by atoms with Gasteiger partial charge in [0.05, 0.1) is 3.79 Å². The van der Waals surface area contributed by atoms with Gasteiger partial charge in [-0.1, -0.05) is 0 Å². The van der Waals surface area contributed by atoms with Crippen LogP contribution in [0, 0.1) is 0 Å². The minimum Gasteiger partial charge on any atom is -0.370 e. The molecule has 3 nitrogen and oxygen atoms in total. The van der Waals surface area contributed by atoms with Gasteiger partial charge in [0.15, 0.2) is 0 Å². The summed E-state index contributed by atoms with van der Waals surface area (Å²) in [5.41, 5.74) is 6.28. The Labute approximate surface area is 95.8 Å². The Bertz CT molecular complexity index is 301. The molecule has 1 rings (SSSR count). The molecular formula is C9H13BrN2OS. The van der Waals surface area contributed by atoms with Crippen LogP contribution in [0.15, 0.2) is 15.2 Å². The van der Waals surface area contributed by atoms with E-state index >= 15 is 0 Å². The summed E-state index contributed by atoms with van der Waals surface area (Å²) < 4.78 is 1.14. The summed E-state index contributed by atoms with van der Waals surface area (Å²) in [6, 6.07) is 2.09. The molecule has 14 heavy (non-hydrogen) atoms. The Morgan fingerprint density at radius 1 is 1.64 bits per heavy atom. The number of amides is 1. The molecule has 0 spiro atoms. The van der Waals surface area contributed by atoms with Gasteiger partial charge in [0, 0.05) is 13.0 Å². The van der Waals surface area contributed by atoms with E-state index < -0.39 is 0 Å². The van der Waals surface area contributed by atoms with Gasteiger partial charge in [-0.15, -0.1) is 11.3 Å². The van der Waals surface area contributed by atoms with Gasteiger partial charge in [-0.3, -0.25) is 4.79 Å². The molecule has 0 fully saturated rings. The van der Waals surface area contributed by atoms with E-state index in [1.807, 2.05) is 0 Å². The third kappa shape index (κ3) is 4.74. The van der Waals surface area contributed by atoms with Crippen molar-refractivity contribution < 1.29 is 4.79 Å². The summed E-state index contributed by atoms with van der Waals surface area (Å²) in [6.45, 7) is 1.68. The Kier molecular flexibility index (Phi) is 5.14. The van der Waals surface area contributed by atoms with Crippen molar-refractivity contribution in [3.63, 3.8) is 0 Å². The molecule has 0 aliphatic carbocycles. The van der Waals surface area contributed by atoms with Gasteiger partial charge in [0.1, 0.15) is 0 Å². The number of carbonyl (C=O) groups is 1. The lowest BCUT2D eigenvalue weighted by Crippen LogP contribution is -2.17. The van der Waals surface area contributed by atoms with Crippen LogP contribution in [-0.4, -0.2) is 12.5 Å². The van der Waals surface area contributed by atoms with Crippen molar-refractivity contribution in [2.45, 2.75) is 19.4 Å². The molecule has 5 heteroatoms. The van der Waals surface area contributed by atoms with Crippen LogP contribution in [0.5, 0.6) is 0 Å². The van der Waals surface area contributed by atoms with Gasteiger partial charge in [-0.2, -0.15) is 0 Å². The van der Waals surface area contributed by atoms with E-state index in [1.54, 1.807) is 11.3 Å². The Hall–Kier alpha value is -0.390. The van der Waals surface area contributed by atoms with Crippen LogP contribution in [0.25, 0.3) is 0 Å². The van der Waals surface area contributed by atoms with Crippen LogP contribution in [0.3, 0.4) is 0 Å². The number of nitrogens with one attached hydrogen (secondary N) is 1. The average molecular weight is 277 g/mol. The molecule has 0 aliphatic rings. The molecule has 1 aromatic heterocycles. The zero-order valence-corrected chi connectivity index (χ0v) is 10.2. The van der Waals surface area contributed by atoms with Crippen molar-refractivity contribution in [3.8, 4) is 0 Å². The van der Waals surface area contributed by atoms with E-state index in [0.29, 0.717) is 6.42 Å². The molecule has 0 saturated heterocycles. The van der Waals surface area contributed by atoms with Gasteiger partial charge in [-0.05, 0) is 45.9 Å². The second kappa shape index (κ2) is 6.16. The monoisotopic (exact) mass is 276 g/mol. The molecule has 0 radical (unpaired) electrons. The minimum absolute atomic E-state index is 0.231. The lowest BCUT2D eigenvalue weighted by molar-refractivity contribution is -0.118.